The number of carbonyl (C=O) groups excluding carboxylic acids is 1. The number of hydrogen-bond acceptors (Lipinski definition) is 5. The van der Waals surface area contributed by atoms with Gasteiger partial charge in [0.1, 0.15) is 0 Å². The summed E-state index contributed by atoms with van der Waals surface area (Å²) in [6.07, 6.45) is -0.145. The molecule has 1 heterocycles. The number of primary amides is 1. The number of carbonyl (C=O) groups is 1. The topological polar surface area (TPSA) is 112 Å². The van der Waals surface area contributed by atoms with Gasteiger partial charge in [-0.3, -0.25) is 0 Å². The van der Waals surface area contributed by atoms with Crippen LogP contribution in [0.1, 0.15) is 0 Å². The Bertz CT molecular complexity index is 631. The van der Waals surface area contributed by atoms with Crippen LogP contribution in [0, 0.1) is 0 Å². The Morgan fingerprint density at radius 2 is 2.33 bits per heavy atom. The first kappa shape index (κ1) is 11.7. The number of amides is 2. The van der Waals surface area contributed by atoms with Gasteiger partial charge in [-0.1, -0.05) is 11.2 Å². The van der Waals surface area contributed by atoms with Crippen LogP contribution in [0.3, 0.4) is 0 Å². The Balaban J connectivity index is 2.41. The number of benzene rings is 1. The van der Waals surface area contributed by atoms with Crippen molar-refractivity contribution in [1.82, 2.24) is 9.78 Å². The second-order valence-electron chi connectivity index (χ2n) is 3.29. The summed E-state index contributed by atoms with van der Waals surface area (Å²) in [5.74, 6) is -0.692. The van der Waals surface area contributed by atoms with E-state index in [1.54, 1.807) is 18.2 Å². The minimum absolute atomic E-state index is 0.145. The third kappa shape index (κ3) is 2.32. The zero-order valence-electron chi connectivity index (χ0n) is 9.41. The van der Waals surface area contributed by atoms with Crippen LogP contribution in [0.15, 0.2) is 33.5 Å². The second-order valence-corrected chi connectivity index (χ2v) is 3.29. The van der Waals surface area contributed by atoms with Crippen LogP contribution in [0.4, 0.5) is 10.5 Å². The molecule has 0 radical (unpaired) electrons. The molecule has 2 rings (SSSR count). The van der Waals surface area contributed by atoms with Crippen molar-refractivity contribution in [1.29, 1.82) is 0 Å². The maximum absolute atomic E-state index is 11.5. The lowest BCUT2D eigenvalue weighted by Crippen LogP contribution is -2.19. The number of nitrogens with two attached hydrogens (primary N) is 1. The molecule has 1 aromatic carbocycles. The molecule has 0 bridgehead atoms. The van der Waals surface area contributed by atoms with E-state index in [1.807, 2.05) is 0 Å². The van der Waals surface area contributed by atoms with Crippen molar-refractivity contribution < 1.29 is 13.9 Å². The fraction of sp³-hybridized carbons (Fsp3) is 0.100. The van der Waals surface area contributed by atoms with Crippen molar-refractivity contribution in [2.45, 2.75) is 0 Å². The standard InChI is InChI=1S/C10H10N4O4/c1-17-9-13-14(10(16)18-9)7-4-2-3-6(5-7)12-8(11)15/h2-5H,1H3,(H3,11,12,15). The predicted molar refractivity (Wildman–Crippen MR) is 61.9 cm³/mol. The van der Waals surface area contributed by atoms with Crippen LogP contribution in [0.5, 0.6) is 6.08 Å². The molecule has 3 N–H and O–H groups in total. The van der Waals surface area contributed by atoms with Crippen LogP contribution < -0.4 is 21.5 Å². The molecule has 0 fully saturated rings. The lowest BCUT2D eigenvalue weighted by molar-refractivity contribution is 0.259. The third-order valence-electron chi connectivity index (χ3n) is 2.06. The van der Waals surface area contributed by atoms with Crippen molar-refractivity contribution in [3.05, 3.63) is 34.8 Å². The van der Waals surface area contributed by atoms with Gasteiger partial charge in [-0.25, -0.2) is 9.59 Å². The van der Waals surface area contributed by atoms with Gasteiger partial charge in [-0.15, -0.1) is 0 Å². The Labute approximate surface area is 101 Å². The molecule has 8 nitrogen and oxygen atoms in total. The van der Waals surface area contributed by atoms with Crippen LogP contribution in [0.25, 0.3) is 5.69 Å². The number of nitrogens with zero attached hydrogens (tertiary/aromatic N) is 2. The molecule has 2 amide bonds. The van der Waals surface area contributed by atoms with E-state index in [-0.39, 0.29) is 6.08 Å². The van der Waals surface area contributed by atoms with Gasteiger partial charge in [0, 0.05) is 5.69 Å². The number of anilines is 1. The van der Waals surface area contributed by atoms with Gasteiger partial charge in [0.05, 0.1) is 12.8 Å². The summed E-state index contributed by atoms with van der Waals surface area (Å²) in [5.41, 5.74) is 5.85. The molecule has 1 aromatic heterocycles. The molecule has 94 valence electrons. The number of methoxy groups -OCH3 is 1. The average Bonchev–Trinajstić information content (AvgIpc) is 2.70. The van der Waals surface area contributed by atoms with Gasteiger partial charge in [0.25, 0.3) is 0 Å². The zero-order valence-corrected chi connectivity index (χ0v) is 9.41. The van der Waals surface area contributed by atoms with Gasteiger partial charge in [-0.05, 0) is 18.2 Å². The summed E-state index contributed by atoms with van der Waals surface area (Å²) in [6.45, 7) is 0. The molecular weight excluding hydrogens is 240 g/mol. The number of urea groups is 1. The molecule has 0 aliphatic carbocycles. The van der Waals surface area contributed by atoms with Crippen LogP contribution in [-0.2, 0) is 0 Å². The maximum atomic E-state index is 11.5. The molecule has 8 heteroatoms. The molecule has 0 atom stereocenters. The summed E-state index contributed by atoms with van der Waals surface area (Å²) in [7, 11) is 1.33. The molecule has 0 unspecified atom stereocenters. The van der Waals surface area contributed by atoms with Crippen LogP contribution >= 0.6 is 0 Å². The highest BCUT2D eigenvalue weighted by Crippen LogP contribution is 2.13. The Kier molecular flexibility index (Phi) is 3.00. The van der Waals surface area contributed by atoms with E-state index in [1.165, 1.54) is 13.2 Å². The zero-order chi connectivity index (χ0) is 13.1. The van der Waals surface area contributed by atoms with Crippen molar-refractivity contribution >= 4 is 11.7 Å². The Morgan fingerprint density at radius 3 is 2.94 bits per heavy atom. The highest BCUT2D eigenvalue weighted by molar-refractivity contribution is 5.88. The maximum Gasteiger partial charge on any atom is 0.444 e. The SMILES string of the molecule is COc1nn(-c2cccc(NC(N)=O)c2)c(=O)o1. The normalized spacial score (nSPS) is 10.1. The fourth-order valence-electron chi connectivity index (χ4n) is 1.36. The van der Waals surface area contributed by atoms with Gasteiger partial charge in [-0.2, -0.15) is 4.68 Å². The number of aromatic nitrogens is 2. The molecule has 0 aliphatic rings. The minimum atomic E-state index is -0.697. The van der Waals surface area contributed by atoms with Crippen molar-refractivity contribution in [3.8, 4) is 11.8 Å². The van der Waals surface area contributed by atoms with E-state index in [9.17, 15) is 9.59 Å². The van der Waals surface area contributed by atoms with E-state index in [0.29, 0.717) is 11.4 Å². The fourth-order valence-corrected chi connectivity index (χ4v) is 1.36. The minimum Gasteiger partial charge on any atom is -0.452 e. The first-order valence-corrected chi connectivity index (χ1v) is 4.91. The molecular formula is C10H10N4O4. The monoisotopic (exact) mass is 250 g/mol. The lowest BCUT2D eigenvalue weighted by Gasteiger charge is -2.03. The number of nitrogens with one attached hydrogen (secondary N) is 1. The Morgan fingerprint density at radius 1 is 1.56 bits per heavy atom. The van der Waals surface area contributed by atoms with Gasteiger partial charge in [0.15, 0.2) is 0 Å². The summed E-state index contributed by atoms with van der Waals surface area (Å²) in [4.78, 5) is 22.2. The van der Waals surface area contributed by atoms with Crippen molar-refractivity contribution in [2.75, 3.05) is 12.4 Å². The van der Waals surface area contributed by atoms with E-state index in [0.717, 1.165) is 4.68 Å². The highest BCUT2D eigenvalue weighted by atomic mass is 16.6. The summed E-state index contributed by atoms with van der Waals surface area (Å²) in [5, 5.41) is 6.18. The number of hydrogen-bond donors (Lipinski definition) is 2. The molecule has 0 saturated carbocycles. The lowest BCUT2D eigenvalue weighted by atomic mass is 10.3. The van der Waals surface area contributed by atoms with Gasteiger partial charge in [0.2, 0.25) is 0 Å². The molecule has 2 aromatic rings. The predicted octanol–water partition coefficient (Wildman–Crippen LogP) is 0.325. The van der Waals surface area contributed by atoms with E-state index in [4.69, 9.17) is 14.9 Å². The summed E-state index contributed by atoms with van der Waals surface area (Å²) < 4.78 is 10.4. The molecule has 18 heavy (non-hydrogen) atoms. The first-order chi connectivity index (χ1) is 8.60. The molecule has 0 aliphatic heterocycles. The quantitative estimate of drug-likeness (QED) is 0.814. The van der Waals surface area contributed by atoms with Crippen molar-refractivity contribution in [3.63, 3.8) is 0 Å². The van der Waals surface area contributed by atoms with E-state index >= 15 is 0 Å². The van der Waals surface area contributed by atoms with Crippen molar-refractivity contribution in [2.24, 2.45) is 5.73 Å². The first-order valence-electron chi connectivity index (χ1n) is 4.91. The molecule has 0 saturated heterocycles. The summed E-state index contributed by atoms with van der Waals surface area (Å²) >= 11 is 0. The van der Waals surface area contributed by atoms with Crippen LogP contribution in [-0.4, -0.2) is 22.9 Å². The van der Waals surface area contributed by atoms with E-state index < -0.39 is 11.8 Å². The van der Waals surface area contributed by atoms with E-state index in [2.05, 4.69) is 10.4 Å². The van der Waals surface area contributed by atoms with Gasteiger partial charge < -0.3 is 20.2 Å². The highest BCUT2D eigenvalue weighted by Gasteiger charge is 2.10. The average molecular weight is 250 g/mol. The number of rotatable bonds is 3. The second kappa shape index (κ2) is 4.62. The largest absolute Gasteiger partial charge is 0.452 e. The van der Waals surface area contributed by atoms with Gasteiger partial charge >= 0.3 is 17.9 Å². The Hall–Kier alpha value is -2.77. The number of ether oxygens (including phenoxy) is 1. The third-order valence-corrected chi connectivity index (χ3v) is 2.06. The summed E-state index contributed by atoms with van der Waals surface area (Å²) in [6, 6.07) is 5.70. The van der Waals surface area contributed by atoms with Crippen LogP contribution in [0.2, 0.25) is 0 Å². The smallest absolute Gasteiger partial charge is 0.444 e. The molecule has 0 spiro atoms.